The second-order valence-electron chi connectivity index (χ2n) is 4.66. The summed E-state index contributed by atoms with van der Waals surface area (Å²) in [7, 11) is 4.62. The molecule has 1 aromatic rings. The molecule has 1 rings (SSSR count). The molecule has 0 unspecified atom stereocenters. The summed E-state index contributed by atoms with van der Waals surface area (Å²) in [5.41, 5.74) is 0.814. The van der Waals surface area contributed by atoms with Crippen molar-refractivity contribution in [1.82, 2.24) is 10.6 Å². The van der Waals surface area contributed by atoms with Crippen LogP contribution in [-0.4, -0.2) is 44.3 Å². The lowest BCUT2D eigenvalue weighted by Crippen LogP contribution is -2.37. The number of ether oxygens (including phenoxy) is 2. The minimum absolute atomic E-state index is 0.153. The molecular weight excluding hydrogens is 288 g/mol. The van der Waals surface area contributed by atoms with Crippen LogP contribution in [0.1, 0.15) is 18.4 Å². The van der Waals surface area contributed by atoms with Crippen LogP contribution in [0.25, 0.3) is 0 Å². The van der Waals surface area contributed by atoms with Crippen molar-refractivity contribution in [2.45, 2.75) is 25.4 Å². The fourth-order valence-electron chi connectivity index (χ4n) is 1.94. The van der Waals surface area contributed by atoms with Crippen LogP contribution in [0.5, 0.6) is 11.5 Å². The number of hydrogen-bond acceptors (Lipinski definition) is 5. The van der Waals surface area contributed by atoms with Crippen LogP contribution in [0.15, 0.2) is 18.2 Å². The first-order valence-corrected chi connectivity index (χ1v) is 6.89. The van der Waals surface area contributed by atoms with E-state index in [9.17, 15) is 14.7 Å². The number of nitrogens with one attached hydrogen (secondary N) is 2. The highest BCUT2D eigenvalue weighted by Crippen LogP contribution is 2.24. The zero-order valence-electron chi connectivity index (χ0n) is 13.0. The van der Waals surface area contributed by atoms with E-state index in [1.165, 1.54) is 7.05 Å². The molecule has 0 saturated carbocycles. The van der Waals surface area contributed by atoms with E-state index in [1.54, 1.807) is 26.4 Å². The zero-order valence-corrected chi connectivity index (χ0v) is 13.0. The summed E-state index contributed by atoms with van der Waals surface area (Å²) in [5, 5.41) is 14.6. The van der Waals surface area contributed by atoms with Crippen molar-refractivity contribution in [3.8, 4) is 11.5 Å². The predicted molar refractivity (Wildman–Crippen MR) is 81.1 cm³/mol. The van der Waals surface area contributed by atoms with E-state index >= 15 is 0 Å². The number of amides is 1. The molecule has 0 aliphatic carbocycles. The molecule has 0 heterocycles. The molecule has 7 heteroatoms. The van der Waals surface area contributed by atoms with E-state index < -0.39 is 12.0 Å². The maximum atomic E-state index is 11.2. The molecule has 1 amide bonds. The Bertz CT molecular complexity index is 519. The number of benzene rings is 1. The van der Waals surface area contributed by atoms with Crippen LogP contribution < -0.4 is 20.1 Å². The number of carbonyl (C=O) groups is 2. The summed E-state index contributed by atoms with van der Waals surface area (Å²) < 4.78 is 10.4. The van der Waals surface area contributed by atoms with Crippen LogP contribution in [0.3, 0.4) is 0 Å². The van der Waals surface area contributed by atoms with Crippen molar-refractivity contribution in [2.75, 3.05) is 21.3 Å². The molecule has 0 aliphatic heterocycles. The minimum atomic E-state index is -0.989. The third kappa shape index (κ3) is 5.25. The van der Waals surface area contributed by atoms with Gasteiger partial charge >= 0.3 is 5.97 Å². The number of hydrogen-bond donors (Lipinski definition) is 3. The SMILES string of the molecule is CNC(=O)CC[C@H](NCc1ccc(OC)cc1OC)C(=O)O. The number of carboxylic acids is 1. The monoisotopic (exact) mass is 310 g/mol. The van der Waals surface area contributed by atoms with Gasteiger partial charge in [-0.2, -0.15) is 0 Å². The average Bonchev–Trinajstić information content (AvgIpc) is 2.53. The van der Waals surface area contributed by atoms with E-state index in [2.05, 4.69) is 10.6 Å². The van der Waals surface area contributed by atoms with E-state index in [0.717, 1.165) is 5.56 Å². The van der Waals surface area contributed by atoms with Gasteiger partial charge in [0.1, 0.15) is 17.5 Å². The first-order chi connectivity index (χ1) is 10.5. The number of rotatable bonds is 9. The molecular formula is C15H22N2O5. The number of methoxy groups -OCH3 is 2. The van der Waals surface area contributed by atoms with Crippen molar-refractivity contribution in [1.29, 1.82) is 0 Å². The second kappa shape index (κ2) is 8.89. The Labute approximate surface area is 129 Å². The van der Waals surface area contributed by atoms with Crippen molar-refractivity contribution in [3.05, 3.63) is 23.8 Å². The van der Waals surface area contributed by atoms with Gasteiger partial charge in [-0.15, -0.1) is 0 Å². The summed E-state index contributed by atoms with van der Waals surface area (Å²) in [4.78, 5) is 22.4. The van der Waals surface area contributed by atoms with Gasteiger partial charge in [0.25, 0.3) is 0 Å². The van der Waals surface area contributed by atoms with Crippen LogP contribution in [-0.2, 0) is 16.1 Å². The molecule has 0 aliphatic rings. The lowest BCUT2D eigenvalue weighted by Gasteiger charge is -2.16. The average molecular weight is 310 g/mol. The Balaban J connectivity index is 2.68. The van der Waals surface area contributed by atoms with E-state index in [-0.39, 0.29) is 18.7 Å². The molecule has 1 atom stereocenters. The lowest BCUT2D eigenvalue weighted by atomic mass is 10.1. The Morgan fingerprint density at radius 3 is 2.55 bits per heavy atom. The van der Waals surface area contributed by atoms with Gasteiger partial charge < -0.3 is 25.2 Å². The standard InChI is InChI=1S/C15H22N2O5/c1-16-14(18)7-6-12(15(19)20)17-9-10-4-5-11(21-2)8-13(10)22-3/h4-5,8,12,17H,6-7,9H2,1-3H3,(H,16,18)(H,19,20)/t12-/m0/s1. The van der Waals surface area contributed by atoms with Gasteiger partial charge in [0, 0.05) is 31.6 Å². The first kappa shape index (κ1) is 17.8. The number of carbonyl (C=O) groups excluding carboxylic acids is 1. The Morgan fingerprint density at radius 2 is 2.00 bits per heavy atom. The number of aliphatic carboxylic acids is 1. The van der Waals surface area contributed by atoms with Gasteiger partial charge in [-0.1, -0.05) is 6.07 Å². The molecule has 0 radical (unpaired) electrons. The summed E-state index contributed by atoms with van der Waals surface area (Å²) in [6, 6.07) is 4.52. The van der Waals surface area contributed by atoms with E-state index in [1.807, 2.05) is 6.07 Å². The summed E-state index contributed by atoms with van der Waals surface area (Å²) in [6.45, 7) is 0.317. The van der Waals surface area contributed by atoms with Crippen molar-refractivity contribution < 1.29 is 24.2 Å². The highest BCUT2D eigenvalue weighted by molar-refractivity contribution is 5.78. The smallest absolute Gasteiger partial charge is 0.320 e. The molecule has 3 N–H and O–H groups in total. The van der Waals surface area contributed by atoms with E-state index in [4.69, 9.17) is 9.47 Å². The quantitative estimate of drug-likeness (QED) is 0.623. The summed E-state index contributed by atoms with van der Waals surface area (Å²) >= 11 is 0. The molecule has 0 bridgehead atoms. The minimum Gasteiger partial charge on any atom is -0.497 e. The number of carboxylic acid groups (broad SMARTS) is 1. The van der Waals surface area contributed by atoms with Gasteiger partial charge in [0.15, 0.2) is 0 Å². The van der Waals surface area contributed by atoms with Gasteiger partial charge in [0.05, 0.1) is 14.2 Å². The maximum Gasteiger partial charge on any atom is 0.320 e. The van der Waals surface area contributed by atoms with Crippen LogP contribution in [0.2, 0.25) is 0 Å². The van der Waals surface area contributed by atoms with Gasteiger partial charge in [-0.05, 0) is 12.5 Å². The highest BCUT2D eigenvalue weighted by atomic mass is 16.5. The van der Waals surface area contributed by atoms with Crippen molar-refractivity contribution in [2.24, 2.45) is 0 Å². The normalized spacial score (nSPS) is 11.6. The van der Waals surface area contributed by atoms with Gasteiger partial charge in [-0.25, -0.2) is 0 Å². The Hall–Kier alpha value is -2.28. The molecule has 7 nitrogen and oxygen atoms in total. The van der Waals surface area contributed by atoms with Crippen molar-refractivity contribution >= 4 is 11.9 Å². The first-order valence-electron chi connectivity index (χ1n) is 6.89. The summed E-state index contributed by atoms with van der Waals surface area (Å²) in [5.74, 6) is 0.101. The van der Waals surface area contributed by atoms with Crippen LogP contribution >= 0.6 is 0 Å². The maximum absolute atomic E-state index is 11.2. The predicted octanol–water partition coefficient (Wildman–Crippen LogP) is 0.773. The highest BCUT2D eigenvalue weighted by Gasteiger charge is 2.18. The topological polar surface area (TPSA) is 96.9 Å². The fourth-order valence-corrected chi connectivity index (χ4v) is 1.94. The molecule has 0 saturated heterocycles. The Morgan fingerprint density at radius 1 is 1.27 bits per heavy atom. The molecule has 0 aromatic heterocycles. The molecule has 1 aromatic carbocycles. The lowest BCUT2D eigenvalue weighted by molar-refractivity contribution is -0.139. The van der Waals surface area contributed by atoms with Crippen molar-refractivity contribution in [3.63, 3.8) is 0 Å². The molecule has 0 spiro atoms. The Kier molecular flexibility index (Phi) is 7.18. The largest absolute Gasteiger partial charge is 0.497 e. The van der Waals surface area contributed by atoms with Crippen LogP contribution in [0.4, 0.5) is 0 Å². The third-order valence-corrected chi connectivity index (χ3v) is 3.27. The zero-order chi connectivity index (χ0) is 16.5. The fraction of sp³-hybridized carbons (Fsp3) is 0.467. The van der Waals surface area contributed by atoms with E-state index in [0.29, 0.717) is 18.0 Å². The second-order valence-corrected chi connectivity index (χ2v) is 4.66. The third-order valence-electron chi connectivity index (χ3n) is 3.27. The molecule has 0 fully saturated rings. The molecule has 122 valence electrons. The molecule has 22 heavy (non-hydrogen) atoms. The summed E-state index contributed by atoms with van der Waals surface area (Å²) in [6.07, 6.45) is 0.369. The van der Waals surface area contributed by atoms with Gasteiger partial charge in [-0.3, -0.25) is 9.59 Å². The van der Waals surface area contributed by atoms with Gasteiger partial charge in [0.2, 0.25) is 5.91 Å². The van der Waals surface area contributed by atoms with Crippen LogP contribution in [0, 0.1) is 0 Å².